The van der Waals surface area contributed by atoms with Crippen LogP contribution in [0.25, 0.3) is 0 Å². The van der Waals surface area contributed by atoms with E-state index < -0.39 is 0 Å². The molecule has 1 aromatic rings. The number of piperidine rings is 1. The summed E-state index contributed by atoms with van der Waals surface area (Å²) < 4.78 is 0. The van der Waals surface area contributed by atoms with Gasteiger partial charge in [0.1, 0.15) is 6.07 Å². The van der Waals surface area contributed by atoms with Gasteiger partial charge in [0.25, 0.3) is 0 Å². The third-order valence-electron chi connectivity index (χ3n) is 3.71. The van der Waals surface area contributed by atoms with Crippen molar-refractivity contribution in [2.75, 3.05) is 18.0 Å². The van der Waals surface area contributed by atoms with Crippen molar-refractivity contribution in [3.8, 4) is 6.07 Å². The molecule has 0 bridgehead atoms. The van der Waals surface area contributed by atoms with E-state index >= 15 is 0 Å². The van der Waals surface area contributed by atoms with Crippen LogP contribution in [-0.4, -0.2) is 19.1 Å². The van der Waals surface area contributed by atoms with Gasteiger partial charge in [0.2, 0.25) is 0 Å². The molecule has 3 nitrogen and oxygen atoms in total. The molecule has 0 radical (unpaired) electrons. The van der Waals surface area contributed by atoms with Crippen LogP contribution in [0.2, 0.25) is 0 Å². The van der Waals surface area contributed by atoms with E-state index in [1.54, 1.807) is 0 Å². The fourth-order valence-corrected chi connectivity index (χ4v) is 2.80. The molecule has 1 saturated heterocycles. The molecular weight excluding hydrogens is 222 g/mol. The van der Waals surface area contributed by atoms with Gasteiger partial charge in [0.05, 0.1) is 11.3 Å². The van der Waals surface area contributed by atoms with E-state index in [-0.39, 0.29) is 0 Å². The van der Waals surface area contributed by atoms with Crippen LogP contribution in [0, 0.1) is 18.3 Å². The van der Waals surface area contributed by atoms with Gasteiger partial charge in [-0.2, -0.15) is 5.26 Å². The third-order valence-corrected chi connectivity index (χ3v) is 3.71. The van der Waals surface area contributed by atoms with Crippen LogP contribution in [0.4, 0.5) is 5.69 Å². The summed E-state index contributed by atoms with van der Waals surface area (Å²) in [5.74, 6) is 0. The Balaban J connectivity index is 2.30. The number of hydrogen-bond acceptors (Lipinski definition) is 3. The first-order valence-corrected chi connectivity index (χ1v) is 6.73. The largest absolute Gasteiger partial charge is 0.367 e. The highest BCUT2D eigenvalue weighted by molar-refractivity contribution is 5.61. The Kier molecular flexibility index (Phi) is 4.22. The molecule has 0 saturated carbocycles. The minimum Gasteiger partial charge on any atom is -0.367 e. The summed E-state index contributed by atoms with van der Waals surface area (Å²) in [4.78, 5) is 2.38. The molecule has 18 heavy (non-hydrogen) atoms. The summed E-state index contributed by atoms with van der Waals surface area (Å²) in [5.41, 5.74) is 8.72. The molecule has 1 fully saturated rings. The lowest BCUT2D eigenvalue weighted by molar-refractivity contribution is 0.441. The summed E-state index contributed by atoms with van der Waals surface area (Å²) >= 11 is 0. The number of nitrogens with zero attached hydrogens (tertiary/aromatic N) is 2. The molecule has 1 heterocycles. The summed E-state index contributed by atoms with van der Waals surface area (Å²) in [6, 6.07) is 8.97. The van der Waals surface area contributed by atoms with E-state index in [9.17, 15) is 5.26 Å². The highest BCUT2D eigenvalue weighted by atomic mass is 15.2. The molecule has 1 aromatic carbocycles. The number of nitriles is 1. The summed E-state index contributed by atoms with van der Waals surface area (Å²) in [7, 11) is 0. The Hall–Kier alpha value is -1.53. The fourth-order valence-electron chi connectivity index (χ4n) is 2.80. The van der Waals surface area contributed by atoms with Gasteiger partial charge < -0.3 is 10.6 Å². The maximum atomic E-state index is 9.29. The van der Waals surface area contributed by atoms with E-state index in [1.807, 2.05) is 13.0 Å². The molecule has 1 atom stereocenters. The van der Waals surface area contributed by atoms with Crippen molar-refractivity contribution in [2.24, 2.45) is 5.73 Å². The van der Waals surface area contributed by atoms with Crippen molar-refractivity contribution >= 4 is 5.69 Å². The molecule has 0 aromatic heterocycles. The monoisotopic (exact) mass is 243 g/mol. The van der Waals surface area contributed by atoms with Gasteiger partial charge in [0.15, 0.2) is 0 Å². The molecule has 2 N–H and O–H groups in total. The second-order valence-electron chi connectivity index (χ2n) is 5.05. The van der Waals surface area contributed by atoms with E-state index in [0.29, 0.717) is 6.04 Å². The van der Waals surface area contributed by atoms with E-state index in [2.05, 4.69) is 23.1 Å². The quantitative estimate of drug-likeness (QED) is 0.887. The Morgan fingerprint density at radius 1 is 1.44 bits per heavy atom. The number of aryl methyl sites for hydroxylation is 1. The first kappa shape index (κ1) is 12.9. The molecule has 3 heteroatoms. The molecule has 96 valence electrons. The summed E-state index contributed by atoms with van der Waals surface area (Å²) in [5, 5.41) is 9.29. The third kappa shape index (κ3) is 2.65. The van der Waals surface area contributed by atoms with Gasteiger partial charge in [0, 0.05) is 12.6 Å². The van der Waals surface area contributed by atoms with E-state index in [4.69, 9.17) is 5.73 Å². The topological polar surface area (TPSA) is 53.0 Å². The van der Waals surface area contributed by atoms with Crippen LogP contribution >= 0.6 is 0 Å². The standard InChI is InChI=1S/C15H21N3/c1-12-5-6-15(13(10-12)11-17)18-9-3-2-4-14(18)7-8-16/h5-6,10,14H,2-4,7-9,16H2,1H3. The van der Waals surface area contributed by atoms with Gasteiger partial charge >= 0.3 is 0 Å². The average Bonchev–Trinajstić information content (AvgIpc) is 2.40. The maximum Gasteiger partial charge on any atom is 0.101 e. The number of rotatable bonds is 3. The lowest BCUT2D eigenvalue weighted by atomic mass is 9.97. The van der Waals surface area contributed by atoms with E-state index in [0.717, 1.165) is 36.3 Å². The number of hydrogen-bond donors (Lipinski definition) is 1. The van der Waals surface area contributed by atoms with Crippen LogP contribution in [0.1, 0.15) is 36.8 Å². The lowest BCUT2D eigenvalue weighted by Gasteiger charge is -2.38. The van der Waals surface area contributed by atoms with E-state index in [1.165, 1.54) is 19.3 Å². The second kappa shape index (κ2) is 5.88. The Bertz CT molecular complexity index is 446. The average molecular weight is 243 g/mol. The van der Waals surface area contributed by atoms with Crippen LogP contribution in [0.15, 0.2) is 18.2 Å². The summed E-state index contributed by atoms with van der Waals surface area (Å²) in [6.07, 6.45) is 4.68. The van der Waals surface area contributed by atoms with Crippen molar-refractivity contribution < 1.29 is 0 Å². The van der Waals surface area contributed by atoms with Crippen LogP contribution in [0.5, 0.6) is 0 Å². The van der Waals surface area contributed by atoms with Crippen LogP contribution < -0.4 is 10.6 Å². The Morgan fingerprint density at radius 2 is 2.28 bits per heavy atom. The zero-order chi connectivity index (χ0) is 13.0. The minimum absolute atomic E-state index is 0.499. The van der Waals surface area contributed by atoms with Gasteiger partial charge in [-0.05, 0) is 56.8 Å². The highest BCUT2D eigenvalue weighted by Crippen LogP contribution is 2.29. The van der Waals surface area contributed by atoms with Gasteiger partial charge in [-0.15, -0.1) is 0 Å². The molecule has 0 spiro atoms. The molecule has 1 aliphatic heterocycles. The van der Waals surface area contributed by atoms with Crippen molar-refractivity contribution in [1.82, 2.24) is 0 Å². The highest BCUT2D eigenvalue weighted by Gasteiger charge is 2.23. The van der Waals surface area contributed by atoms with Crippen molar-refractivity contribution in [2.45, 2.75) is 38.6 Å². The van der Waals surface area contributed by atoms with Gasteiger partial charge in [-0.1, -0.05) is 6.07 Å². The zero-order valence-electron chi connectivity index (χ0n) is 11.0. The van der Waals surface area contributed by atoms with Crippen molar-refractivity contribution in [3.05, 3.63) is 29.3 Å². The molecular formula is C15H21N3. The normalized spacial score (nSPS) is 19.6. The van der Waals surface area contributed by atoms with Crippen molar-refractivity contribution in [1.29, 1.82) is 5.26 Å². The lowest BCUT2D eigenvalue weighted by Crippen LogP contribution is -2.41. The predicted molar refractivity (Wildman–Crippen MR) is 74.6 cm³/mol. The summed E-state index contributed by atoms with van der Waals surface area (Å²) in [6.45, 7) is 3.79. The molecule has 1 aliphatic rings. The number of anilines is 1. The van der Waals surface area contributed by atoms with Gasteiger partial charge in [-0.3, -0.25) is 0 Å². The molecule has 1 unspecified atom stereocenters. The minimum atomic E-state index is 0.499. The van der Waals surface area contributed by atoms with Crippen LogP contribution in [-0.2, 0) is 0 Å². The van der Waals surface area contributed by atoms with Gasteiger partial charge in [-0.25, -0.2) is 0 Å². The fraction of sp³-hybridized carbons (Fsp3) is 0.533. The molecule has 0 amide bonds. The number of nitrogens with two attached hydrogens (primary N) is 1. The number of benzene rings is 1. The first-order chi connectivity index (χ1) is 8.76. The molecule has 2 rings (SSSR count). The smallest absolute Gasteiger partial charge is 0.101 e. The van der Waals surface area contributed by atoms with Crippen LogP contribution in [0.3, 0.4) is 0 Å². The SMILES string of the molecule is Cc1ccc(N2CCCCC2CCN)c(C#N)c1. The maximum absolute atomic E-state index is 9.29. The zero-order valence-corrected chi connectivity index (χ0v) is 11.0. The second-order valence-corrected chi connectivity index (χ2v) is 5.05. The predicted octanol–water partition coefficient (Wildman–Crippen LogP) is 2.57. The first-order valence-electron chi connectivity index (χ1n) is 6.73. The van der Waals surface area contributed by atoms with Crippen molar-refractivity contribution in [3.63, 3.8) is 0 Å². The Labute approximate surface area is 109 Å². The Morgan fingerprint density at radius 3 is 3.00 bits per heavy atom. The molecule has 0 aliphatic carbocycles.